The van der Waals surface area contributed by atoms with E-state index in [2.05, 4.69) is 4.98 Å². The second-order valence-corrected chi connectivity index (χ2v) is 1.45. The number of H-pyrrole nitrogens is 1. The molecule has 0 amide bonds. The maximum atomic E-state index is 9.99. The maximum Gasteiger partial charge on any atom is 0.167 e. The number of hydrogen-bond acceptors (Lipinski definition) is 1. The second-order valence-electron chi connectivity index (χ2n) is 1.45. The van der Waals surface area contributed by atoms with E-state index in [1.807, 2.05) is 0 Å². The smallest absolute Gasteiger partial charge is 0.167 e. The third-order valence-electron chi connectivity index (χ3n) is 0.880. The highest BCUT2D eigenvalue weighted by molar-refractivity contribution is 5.73. The molecule has 0 spiro atoms. The average molecular weight is 108 g/mol. The molecule has 0 fully saturated rings. The number of aromatic nitrogens is 1. The summed E-state index contributed by atoms with van der Waals surface area (Å²) in [5, 5.41) is 0. The van der Waals surface area contributed by atoms with Crippen LogP contribution in [0, 0.1) is 0 Å². The van der Waals surface area contributed by atoms with Gasteiger partial charge >= 0.3 is 0 Å². The Bertz CT molecular complexity index is 171. The number of carbonyl (C=O) groups is 1. The molecule has 0 atom stereocenters. The van der Waals surface area contributed by atoms with Crippen LogP contribution in [-0.2, 0) is 0 Å². The molecule has 0 saturated heterocycles. The fourth-order valence-corrected chi connectivity index (χ4v) is 0.478. The van der Waals surface area contributed by atoms with Gasteiger partial charge in [0, 0.05) is 17.7 Å². The summed E-state index contributed by atoms with van der Waals surface area (Å²) in [6.45, 7) is 0. The summed E-state index contributed by atoms with van der Waals surface area (Å²) in [5.41, 5.74) is 0.698. The first-order valence-electron chi connectivity index (χ1n) is 2.35. The average Bonchev–Trinajstić information content (AvgIpc) is 1.90. The van der Waals surface area contributed by atoms with Gasteiger partial charge in [0.05, 0.1) is 0 Å². The van der Waals surface area contributed by atoms with Gasteiger partial charge in [-0.25, -0.2) is 4.98 Å². The monoisotopic (exact) mass is 108 g/mol. The lowest BCUT2D eigenvalue weighted by Gasteiger charge is -1.76. The van der Waals surface area contributed by atoms with Crippen molar-refractivity contribution in [2.75, 3.05) is 0 Å². The van der Waals surface area contributed by atoms with Crippen LogP contribution in [-0.4, -0.2) is 6.29 Å². The maximum absolute atomic E-state index is 9.99. The highest BCUT2D eigenvalue weighted by atomic mass is 16.1. The van der Waals surface area contributed by atoms with Crippen LogP contribution in [0.3, 0.4) is 0 Å². The van der Waals surface area contributed by atoms with Crippen LogP contribution >= 0.6 is 0 Å². The first-order chi connectivity index (χ1) is 3.93. The number of nitrogens with one attached hydrogen (secondary N) is 1. The Morgan fingerprint density at radius 2 is 2.00 bits per heavy atom. The van der Waals surface area contributed by atoms with Crippen molar-refractivity contribution in [3.63, 3.8) is 0 Å². The lowest BCUT2D eigenvalue weighted by molar-refractivity contribution is -0.378. The quantitative estimate of drug-likeness (QED) is 0.476. The Labute approximate surface area is 47.2 Å². The molecule has 0 aromatic carbocycles. The zero-order valence-electron chi connectivity index (χ0n) is 4.29. The zero-order chi connectivity index (χ0) is 5.82. The molecule has 1 rings (SSSR count). The van der Waals surface area contributed by atoms with Crippen molar-refractivity contribution >= 4 is 6.29 Å². The lowest BCUT2D eigenvalue weighted by atomic mass is 10.3. The van der Waals surface area contributed by atoms with Crippen molar-refractivity contribution in [2.45, 2.75) is 0 Å². The van der Waals surface area contributed by atoms with Crippen molar-refractivity contribution in [3.05, 3.63) is 30.1 Å². The highest BCUT2D eigenvalue weighted by Gasteiger charge is 1.85. The number of carbonyl (C=O) groups excluding carboxylic acids is 1. The van der Waals surface area contributed by atoms with Crippen LogP contribution in [0.15, 0.2) is 24.5 Å². The summed E-state index contributed by atoms with van der Waals surface area (Å²) < 4.78 is 0. The number of rotatable bonds is 1. The Hall–Kier alpha value is -1.18. The van der Waals surface area contributed by atoms with Gasteiger partial charge in [-0.2, -0.15) is 0 Å². The topological polar surface area (TPSA) is 31.2 Å². The fraction of sp³-hybridized carbons (Fsp3) is 0. The molecule has 0 unspecified atom stereocenters. The first-order valence-corrected chi connectivity index (χ1v) is 2.35. The van der Waals surface area contributed by atoms with E-state index in [9.17, 15) is 4.79 Å². The van der Waals surface area contributed by atoms with Crippen molar-refractivity contribution < 1.29 is 9.78 Å². The van der Waals surface area contributed by atoms with E-state index in [0.717, 1.165) is 6.29 Å². The van der Waals surface area contributed by atoms with Crippen LogP contribution in [0.1, 0.15) is 10.4 Å². The molecule has 0 radical (unpaired) electrons. The minimum atomic E-state index is 0.698. The zero-order valence-corrected chi connectivity index (χ0v) is 4.29. The minimum Gasteiger partial charge on any atom is -0.298 e. The van der Waals surface area contributed by atoms with Crippen LogP contribution in [0.25, 0.3) is 0 Å². The van der Waals surface area contributed by atoms with Gasteiger partial charge in [0.15, 0.2) is 18.7 Å². The van der Waals surface area contributed by atoms with E-state index in [1.165, 1.54) is 0 Å². The van der Waals surface area contributed by atoms with Crippen LogP contribution in [0.4, 0.5) is 0 Å². The summed E-state index contributed by atoms with van der Waals surface area (Å²) >= 11 is 0. The SMILES string of the molecule is O=Cc1cc[nH+]cc1. The highest BCUT2D eigenvalue weighted by Crippen LogP contribution is 1.85. The molecule has 2 nitrogen and oxygen atoms in total. The van der Waals surface area contributed by atoms with E-state index < -0.39 is 0 Å². The molecule has 40 valence electrons. The Morgan fingerprint density at radius 1 is 1.38 bits per heavy atom. The van der Waals surface area contributed by atoms with Crippen LogP contribution < -0.4 is 4.98 Å². The number of aldehydes is 1. The van der Waals surface area contributed by atoms with Gasteiger partial charge in [0.2, 0.25) is 0 Å². The predicted molar refractivity (Wildman–Crippen MR) is 28.4 cm³/mol. The van der Waals surface area contributed by atoms with Crippen LogP contribution in [0.2, 0.25) is 0 Å². The molecule has 0 saturated carbocycles. The molecule has 1 aromatic heterocycles. The number of pyridine rings is 1. The lowest BCUT2D eigenvalue weighted by Crippen LogP contribution is -1.97. The summed E-state index contributed by atoms with van der Waals surface area (Å²) in [6, 6.07) is 3.43. The summed E-state index contributed by atoms with van der Waals surface area (Å²) in [6.07, 6.45) is 4.24. The van der Waals surface area contributed by atoms with Gasteiger partial charge in [0.1, 0.15) is 0 Å². The largest absolute Gasteiger partial charge is 0.298 e. The molecular weight excluding hydrogens is 102 g/mol. The number of aromatic amines is 1. The molecule has 0 aliphatic heterocycles. The number of hydrogen-bond donors (Lipinski definition) is 0. The van der Waals surface area contributed by atoms with Crippen molar-refractivity contribution in [1.82, 2.24) is 0 Å². The molecule has 0 bridgehead atoms. The molecule has 2 heteroatoms. The van der Waals surface area contributed by atoms with E-state index >= 15 is 0 Å². The molecule has 1 N–H and O–H groups in total. The van der Waals surface area contributed by atoms with Gasteiger partial charge < -0.3 is 0 Å². The summed E-state index contributed by atoms with van der Waals surface area (Å²) in [7, 11) is 0. The molecule has 1 aromatic rings. The molecule has 1 heterocycles. The van der Waals surface area contributed by atoms with Gasteiger partial charge in [-0.3, -0.25) is 4.79 Å². The van der Waals surface area contributed by atoms with Crippen LogP contribution in [0.5, 0.6) is 0 Å². The van der Waals surface area contributed by atoms with E-state index in [0.29, 0.717) is 5.56 Å². The van der Waals surface area contributed by atoms with Gasteiger partial charge in [0.25, 0.3) is 0 Å². The van der Waals surface area contributed by atoms with E-state index in [4.69, 9.17) is 0 Å². The second kappa shape index (κ2) is 2.21. The minimum absolute atomic E-state index is 0.698. The molecule has 0 aliphatic carbocycles. The predicted octanol–water partition coefficient (Wildman–Crippen LogP) is 0.313. The molecule has 0 aliphatic rings. The molecular formula is C6H6NO+. The Balaban J connectivity index is 2.99. The van der Waals surface area contributed by atoms with Crippen molar-refractivity contribution in [3.8, 4) is 0 Å². The summed E-state index contributed by atoms with van der Waals surface area (Å²) in [4.78, 5) is 12.8. The van der Waals surface area contributed by atoms with Crippen molar-refractivity contribution in [2.24, 2.45) is 0 Å². The Morgan fingerprint density at radius 3 is 2.38 bits per heavy atom. The van der Waals surface area contributed by atoms with Gasteiger partial charge in [-0.1, -0.05) is 0 Å². The third-order valence-corrected chi connectivity index (χ3v) is 0.880. The summed E-state index contributed by atoms with van der Waals surface area (Å²) in [5.74, 6) is 0. The van der Waals surface area contributed by atoms with Gasteiger partial charge in [-0.05, 0) is 0 Å². The molecule has 8 heavy (non-hydrogen) atoms. The Kier molecular flexibility index (Phi) is 1.37. The van der Waals surface area contributed by atoms with E-state index in [1.54, 1.807) is 24.5 Å². The fourth-order valence-electron chi connectivity index (χ4n) is 0.478. The first kappa shape index (κ1) is 4.97. The van der Waals surface area contributed by atoms with Gasteiger partial charge in [-0.15, -0.1) is 0 Å². The normalized spacial score (nSPS) is 8.50. The third kappa shape index (κ3) is 0.904. The van der Waals surface area contributed by atoms with Crippen molar-refractivity contribution in [1.29, 1.82) is 0 Å². The van der Waals surface area contributed by atoms with E-state index in [-0.39, 0.29) is 0 Å². The standard InChI is InChI=1S/C6H5NO/c8-5-6-1-3-7-4-2-6/h1-5H/p+1.